The maximum Gasteiger partial charge on any atom is 0.161 e. The zero-order chi connectivity index (χ0) is 10.6. The fourth-order valence-corrected chi connectivity index (χ4v) is 1.39. The molecule has 1 rings (SSSR count). The molecule has 1 aromatic heterocycles. The van der Waals surface area contributed by atoms with Crippen molar-refractivity contribution in [1.29, 1.82) is 0 Å². The van der Waals surface area contributed by atoms with Crippen molar-refractivity contribution in [3.05, 3.63) is 42.2 Å². The number of nitrogens with zero attached hydrogens (tertiary/aromatic N) is 1. The Labute approximate surface area is 84.7 Å². The van der Waals surface area contributed by atoms with Gasteiger partial charge in [0.1, 0.15) is 0 Å². The Hall–Kier alpha value is -1.44. The van der Waals surface area contributed by atoms with E-state index in [1.54, 1.807) is 19.3 Å². The molecule has 1 unspecified atom stereocenters. The molecule has 0 bridgehead atoms. The first-order chi connectivity index (χ1) is 6.61. The van der Waals surface area contributed by atoms with Crippen LogP contribution in [0.4, 0.5) is 0 Å². The minimum Gasteiger partial charge on any atom is -0.294 e. The van der Waals surface area contributed by atoms with Crippen molar-refractivity contribution in [2.45, 2.75) is 20.3 Å². The molecule has 0 N–H and O–H groups in total. The van der Waals surface area contributed by atoms with E-state index in [2.05, 4.69) is 11.6 Å². The van der Waals surface area contributed by atoms with Gasteiger partial charge in [-0.1, -0.05) is 13.5 Å². The summed E-state index contributed by atoms with van der Waals surface area (Å²) in [5, 5.41) is 0. The van der Waals surface area contributed by atoms with E-state index < -0.39 is 0 Å². The maximum atomic E-state index is 11.5. The minimum atomic E-state index is 0.00917. The molecule has 2 heteroatoms. The third-order valence-electron chi connectivity index (χ3n) is 2.16. The second kappa shape index (κ2) is 4.70. The number of hydrogen-bond donors (Lipinski definition) is 0. The van der Waals surface area contributed by atoms with Gasteiger partial charge < -0.3 is 0 Å². The molecule has 0 saturated heterocycles. The van der Waals surface area contributed by atoms with E-state index in [1.165, 1.54) is 0 Å². The molecule has 0 spiro atoms. The van der Waals surface area contributed by atoms with Crippen molar-refractivity contribution in [3.8, 4) is 0 Å². The number of pyridine rings is 1. The first-order valence-electron chi connectivity index (χ1n) is 4.70. The third kappa shape index (κ3) is 2.80. The van der Waals surface area contributed by atoms with Crippen molar-refractivity contribution in [2.24, 2.45) is 5.92 Å². The van der Waals surface area contributed by atoms with Crippen LogP contribution in [0.5, 0.6) is 0 Å². The van der Waals surface area contributed by atoms with Crippen LogP contribution >= 0.6 is 0 Å². The Kier molecular flexibility index (Phi) is 3.57. The smallest absolute Gasteiger partial charge is 0.161 e. The zero-order valence-corrected chi connectivity index (χ0v) is 8.66. The fourth-order valence-electron chi connectivity index (χ4n) is 1.39. The summed E-state index contributed by atoms with van der Waals surface area (Å²) in [5.41, 5.74) is 1.77. The second-order valence-corrected chi connectivity index (χ2v) is 3.61. The first-order valence-corrected chi connectivity index (χ1v) is 4.70. The Bertz CT molecular complexity index is 329. The first kappa shape index (κ1) is 10.6. The van der Waals surface area contributed by atoms with E-state index in [0.29, 0.717) is 5.57 Å². The lowest BCUT2D eigenvalue weighted by molar-refractivity contribution is -0.118. The molecule has 0 aliphatic rings. The number of allylic oxidation sites excluding steroid dienone is 1. The summed E-state index contributed by atoms with van der Waals surface area (Å²) >= 11 is 0. The SMILES string of the molecule is C=C(C)C(=O)C(C)Cc1ccncc1. The molecule has 1 heterocycles. The highest BCUT2D eigenvalue weighted by Crippen LogP contribution is 2.11. The van der Waals surface area contributed by atoms with Crippen LogP contribution in [0.25, 0.3) is 0 Å². The van der Waals surface area contributed by atoms with Gasteiger partial charge in [0, 0.05) is 18.3 Å². The summed E-state index contributed by atoms with van der Waals surface area (Å²) in [4.78, 5) is 15.5. The highest BCUT2D eigenvalue weighted by atomic mass is 16.1. The van der Waals surface area contributed by atoms with Gasteiger partial charge in [0.05, 0.1) is 0 Å². The fraction of sp³-hybridized carbons (Fsp3) is 0.333. The number of rotatable bonds is 4. The summed E-state index contributed by atoms with van der Waals surface area (Å²) in [6.45, 7) is 7.34. The number of carbonyl (C=O) groups excluding carboxylic acids is 1. The van der Waals surface area contributed by atoms with Gasteiger partial charge in [-0.2, -0.15) is 0 Å². The van der Waals surface area contributed by atoms with E-state index in [0.717, 1.165) is 12.0 Å². The number of ketones is 1. The van der Waals surface area contributed by atoms with Gasteiger partial charge >= 0.3 is 0 Å². The van der Waals surface area contributed by atoms with Gasteiger partial charge in [-0.15, -0.1) is 0 Å². The zero-order valence-electron chi connectivity index (χ0n) is 8.66. The van der Waals surface area contributed by atoms with Crippen molar-refractivity contribution in [3.63, 3.8) is 0 Å². The summed E-state index contributed by atoms with van der Waals surface area (Å²) in [6.07, 6.45) is 4.24. The molecule has 14 heavy (non-hydrogen) atoms. The molecule has 1 aromatic rings. The van der Waals surface area contributed by atoms with E-state index in [1.807, 2.05) is 19.1 Å². The Morgan fingerprint density at radius 1 is 1.50 bits per heavy atom. The number of hydrogen-bond acceptors (Lipinski definition) is 2. The van der Waals surface area contributed by atoms with Gasteiger partial charge in [-0.3, -0.25) is 9.78 Å². The summed E-state index contributed by atoms with van der Waals surface area (Å²) < 4.78 is 0. The molecular weight excluding hydrogens is 174 g/mol. The normalized spacial score (nSPS) is 12.1. The second-order valence-electron chi connectivity index (χ2n) is 3.61. The summed E-state index contributed by atoms with van der Waals surface area (Å²) in [5.74, 6) is 0.150. The van der Waals surface area contributed by atoms with Crippen molar-refractivity contribution in [2.75, 3.05) is 0 Å². The Balaban J connectivity index is 2.62. The average molecular weight is 189 g/mol. The van der Waals surface area contributed by atoms with E-state index in [9.17, 15) is 4.79 Å². The van der Waals surface area contributed by atoms with E-state index in [4.69, 9.17) is 0 Å². The molecular formula is C12H15NO. The highest BCUT2D eigenvalue weighted by Gasteiger charge is 2.13. The maximum absolute atomic E-state index is 11.5. The lowest BCUT2D eigenvalue weighted by Gasteiger charge is -2.09. The Morgan fingerprint density at radius 2 is 2.07 bits per heavy atom. The third-order valence-corrected chi connectivity index (χ3v) is 2.16. The van der Waals surface area contributed by atoms with E-state index >= 15 is 0 Å². The monoisotopic (exact) mass is 189 g/mol. The molecule has 2 nitrogen and oxygen atoms in total. The van der Waals surface area contributed by atoms with Gasteiger partial charge in [0.15, 0.2) is 5.78 Å². The van der Waals surface area contributed by atoms with Crippen molar-refractivity contribution < 1.29 is 4.79 Å². The molecule has 0 aliphatic carbocycles. The molecule has 1 atom stereocenters. The average Bonchev–Trinajstić information content (AvgIpc) is 2.18. The van der Waals surface area contributed by atoms with Crippen LogP contribution in [0.15, 0.2) is 36.7 Å². The van der Waals surface area contributed by atoms with Crippen LogP contribution in [-0.4, -0.2) is 10.8 Å². The summed E-state index contributed by atoms with van der Waals surface area (Å²) in [7, 11) is 0. The quantitative estimate of drug-likeness (QED) is 0.681. The number of aromatic nitrogens is 1. The summed E-state index contributed by atoms with van der Waals surface area (Å²) in [6, 6.07) is 3.87. The lowest BCUT2D eigenvalue weighted by Crippen LogP contribution is -2.14. The largest absolute Gasteiger partial charge is 0.294 e. The predicted molar refractivity (Wildman–Crippen MR) is 56.9 cm³/mol. The predicted octanol–water partition coefficient (Wildman–Crippen LogP) is 2.41. The minimum absolute atomic E-state index is 0.00917. The Morgan fingerprint density at radius 3 is 2.57 bits per heavy atom. The number of carbonyl (C=O) groups is 1. The molecule has 74 valence electrons. The van der Waals surface area contributed by atoms with Crippen LogP contribution in [0.2, 0.25) is 0 Å². The molecule has 0 aliphatic heterocycles. The topological polar surface area (TPSA) is 30.0 Å². The molecule has 0 fully saturated rings. The van der Waals surface area contributed by atoms with Gasteiger partial charge in [-0.25, -0.2) is 0 Å². The van der Waals surface area contributed by atoms with Crippen LogP contribution in [0.3, 0.4) is 0 Å². The van der Waals surface area contributed by atoms with Crippen molar-refractivity contribution in [1.82, 2.24) is 4.98 Å². The van der Waals surface area contributed by atoms with E-state index in [-0.39, 0.29) is 11.7 Å². The molecule has 0 aromatic carbocycles. The van der Waals surface area contributed by atoms with Gasteiger partial charge in [-0.05, 0) is 36.6 Å². The number of Topliss-reactive ketones (excluding diaryl/α,β-unsaturated/α-hetero) is 1. The highest BCUT2D eigenvalue weighted by molar-refractivity contribution is 5.95. The molecule has 0 saturated carbocycles. The van der Waals surface area contributed by atoms with Crippen LogP contribution in [-0.2, 0) is 11.2 Å². The standard InChI is InChI=1S/C12H15NO/c1-9(2)12(14)10(3)8-11-4-6-13-7-5-11/h4-7,10H,1,8H2,2-3H3. The van der Waals surface area contributed by atoms with Gasteiger partial charge in [0.25, 0.3) is 0 Å². The lowest BCUT2D eigenvalue weighted by atomic mass is 9.94. The molecule has 0 amide bonds. The van der Waals surface area contributed by atoms with Crippen molar-refractivity contribution >= 4 is 5.78 Å². The van der Waals surface area contributed by atoms with Gasteiger partial charge in [0.2, 0.25) is 0 Å². The van der Waals surface area contributed by atoms with Crippen LogP contribution in [0, 0.1) is 5.92 Å². The van der Waals surface area contributed by atoms with Crippen LogP contribution < -0.4 is 0 Å². The van der Waals surface area contributed by atoms with Crippen LogP contribution in [0.1, 0.15) is 19.4 Å². The molecule has 0 radical (unpaired) electrons.